The van der Waals surface area contributed by atoms with Gasteiger partial charge in [-0.05, 0) is 12.1 Å². The van der Waals surface area contributed by atoms with Crippen LogP contribution in [0, 0.1) is 0 Å². The van der Waals surface area contributed by atoms with Gasteiger partial charge in [-0.15, -0.1) is 6.58 Å². The first-order chi connectivity index (χ1) is 6.81. The van der Waals surface area contributed by atoms with E-state index in [1.165, 1.54) is 0 Å². The Kier molecular flexibility index (Phi) is 2.31. The van der Waals surface area contributed by atoms with E-state index in [1.54, 1.807) is 6.08 Å². The smallest absolute Gasteiger partial charge is 0.161 e. The molecule has 1 N–H and O–H groups in total. The lowest BCUT2D eigenvalue weighted by Gasteiger charge is -1.98. The maximum atomic E-state index is 13.4. The van der Waals surface area contributed by atoms with Crippen molar-refractivity contribution in [3.8, 4) is 0 Å². The van der Waals surface area contributed by atoms with Gasteiger partial charge in [0.05, 0.1) is 11.0 Å². The van der Waals surface area contributed by atoms with Gasteiger partial charge < -0.3 is 4.98 Å². The minimum Gasteiger partial charge on any atom is -0.339 e. The number of rotatable bonds is 3. The summed E-state index contributed by atoms with van der Waals surface area (Å²) in [5.74, 6) is 0.381. The van der Waals surface area contributed by atoms with Gasteiger partial charge in [-0.3, -0.25) is 0 Å². The van der Waals surface area contributed by atoms with Crippen molar-refractivity contribution in [2.24, 2.45) is 0 Å². The summed E-state index contributed by atoms with van der Waals surface area (Å²) in [4.78, 5) is 7.10. The summed E-state index contributed by atoms with van der Waals surface area (Å²) in [5.41, 5.74) is 1.67. The predicted octanol–water partition coefficient (Wildman–Crippen LogP) is 3.15. The van der Waals surface area contributed by atoms with Crippen LogP contribution in [-0.4, -0.2) is 9.97 Å². The number of nitrogens with one attached hydrogen (secondary N) is 1. The largest absolute Gasteiger partial charge is 0.339 e. The second kappa shape index (κ2) is 3.62. The molecular formula is C11H11FN2. The first-order valence-corrected chi connectivity index (χ1v) is 4.51. The summed E-state index contributed by atoms with van der Waals surface area (Å²) in [5, 5.41) is 0. The molecule has 2 aromatic rings. The van der Waals surface area contributed by atoms with Gasteiger partial charge >= 0.3 is 0 Å². The molecule has 0 aliphatic rings. The second-order valence-corrected chi connectivity index (χ2v) is 3.13. The van der Waals surface area contributed by atoms with E-state index in [1.807, 2.05) is 24.3 Å². The van der Waals surface area contributed by atoms with Gasteiger partial charge in [-0.25, -0.2) is 9.37 Å². The monoisotopic (exact) mass is 190 g/mol. The number of hydrogen-bond donors (Lipinski definition) is 1. The fraction of sp³-hybridized carbons (Fsp3) is 0.182. The third kappa shape index (κ3) is 1.53. The summed E-state index contributed by atoms with van der Waals surface area (Å²) >= 11 is 0. The number of nitrogens with zero attached hydrogens (tertiary/aromatic N) is 1. The van der Waals surface area contributed by atoms with Gasteiger partial charge in [0.2, 0.25) is 0 Å². The molecule has 0 saturated carbocycles. The SMILES string of the molecule is C=CCC(F)c1nc2ccccc2[nH]1. The van der Waals surface area contributed by atoms with Crippen molar-refractivity contribution in [1.82, 2.24) is 9.97 Å². The van der Waals surface area contributed by atoms with E-state index in [4.69, 9.17) is 0 Å². The van der Waals surface area contributed by atoms with Crippen LogP contribution >= 0.6 is 0 Å². The molecule has 2 rings (SSSR count). The molecule has 1 aromatic heterocycles. The third-order valence-electron chi connectivity index (χ3n) is 2.08. The Morgan fingerprint density at radius 2 is 2.29 bits per heavy atom. The van der Waals surface area contributed by atoms with Crippen LogP contribution in [0.3, 0.4) is 0 Å². The Balaban J connectivity index is 2.39. The number of aromatic nitrogens is 2. The summed E-state index contributed by atoms with van der Waals surface area (Å²) in [6.45, 7) is 3.50. The zero-order valence-corrected chi connectivity index (χ0v) is 7.70. The van der Waals surface area contributed by atoms with Crippen LogP contribution in [0.4, 0.5) is 4.39 Å². The van der Waals surface area contributed by atoms with Crippen LogP contribution in [0.5, 0.6) is 0 Å². The molecule has 0 saturated heterocycles. The maximum Gasteiger partial charge on any atom is 0.161 e. The Hall–Kier alpha value is -1.64. The highest BCUT2D eigenvalue weighted by molar-refractivity contribution is 5.74. The van der Waals surface area contributed by atoms with Crippen molar-refractivity contribution in [2.45, 2.75) is 12.6 Å². The lowest BCUT2D eigenvalue weighted by Crippen LogP contribution is -1.91. The van der Waals surface area contributed by atoms with Crippen LogP contribution < -0.4 is 0 Å². The lowest BCUT2D eigenvalue weighted by molar-refractivity contribution is 0.333. The Morgan fingerprint density at radius 1 is 1.50 bits per heavy atom. The van der Waals surface area contributed by atoms with Crippen LogP contribution in [0.1, 0.15) is 18.4 Å². The molecule has 14 heavy (non-hydrogen) atoms. The highest BCUT2D eigenvalue weighted by Gasteiger charge is 2.12. The number of para-hydroxylation sites is 2. The minimum atomic E-state index is -1.08. The molecule has 1 unspecified atom stereocenters. The van der Waals surface area contributed by atoms with Crippen molar-refractivity contribution in [1.29, 1.82) is 0 Å². The molecular weight excluding hydrogens is 179 g/mol. The highest BCUT2D eigenvalue weighted by atomic mass is 19.1. The number of fused-ring (bicyclic) bond motifs is 1. The third-order valence-corrected chi connectivity index (χ3v) is 2.08. The molecule has 1 atom stereocenters. The van der Waals surface area contributed by atoms with Crippen molar-refractivity contribution in [3.05, 3.63) is 42.7 Å². The second-order valence-electron chi connectivity index (χ2n) is 3.13. The number of benzene rings is 1. The van der Waals surface area contributed by atoms with Crippen LogP contribution in [0.15, 0.2) is 36.9 Å². The Bertz CT molecular complexity index is 414. The summed E-state index contributed by atoms with van der Waals surface area (Å²) < 4.78 is 13.4. The van der Waals surface area contributed by atoms with Crippen LogP contribution in [0.25, 0.3) is 11.0 Å². The molecule has 0 bridgehead atoms. The zero-order chi connectivity index (χ0) is 9.97. The number of H-pyrrole nitrogens is 1. The van der Waals surface area contributed by atoms with Gasteiger partial charge in [-0.1, -0.05) is 18.2 Å². The van der Waals surface area contributed by atoms with E-state index in [9.17, 15) is 4.39 Å². The van der Waals surface area contributed by atoms with Gasteiger partial charge in [0, 0.05) is 6.42 Å². The average molecular weight is 190 g/mol. The highest BCUT2D eigenvalue weighted by Crippen LogP contribution is 2.21. The van der Waals surface area contributed by atoms with Crippen molar-refractivity contribution in [3.63, 3.8) is 0 Å². The number of aromatic amines is 1. The molecule has 0 fully saturated rings. The van der Waals surface area contributed by atoms with Crippen LogP contribution in [0.2, 0.25) is 0 Å². The standard InChI is InChI=1S/C11H11FN2/c1-2-5-8(12)11-13-9-6-3-4-7-10(9)14-11/h2-4,6-8H,1,5H2,(H,13,14). The van der Waals surface area contributed by atoms with Gasteiger partial charge in [0.15, 0.2) is 6.17 Å². The number of halogens is 1. The van der Waals surface area contributed by atoms with Crippen molar-refractivity contribution < 1.29 is 4.39 Å². The van der Waals surface area contributed by atoms with Gasteiger partial charge in [0.25, 0.3) is 0 Å². The minimum absolute atomic E-state index is 0.291. The van der Waals surface area contributed by atoms with E-state index < -0.39 is 6.17 Å². The molecule has 2 nitrogen and oxygen atoms in total. The van der Waals surface area contributed by atoms with E-state index in [0.717, 1.165) is 11.0 Å². The Morgan fingerprint density at radius 3 is 3.00 bits per heavy atom. The summed E-state index contributed by atoms with van der Waals surface area (Å²) in [6.07, 6.45) is 0.761. The van der Waals surface area contributed by atoms with E-state index in [2.05, 4.69) is 16.5 Å². The summed E-state index contributed by atoms with van der Waals surface area (Å²) in [7, 11) is 0. The topological polar surface area (TPSA) is 28.7 Å². The number of hydrogen-bond acceptors (Lipinski definition) is 1. The first-order valence-electron chi connectivity index (χ1n) is 4.51. The van der Waals surface area contributed by atoms with E-state index >= 15 is 0 Å². The molecule has 0 aliphatic carbocycles. The number of allylic oxidation sites excluding steroid dienone is 1. The fourth-order valence-electron chi connectivity index (χ4n) is 1.38. The van der Waals surface area contributed by atoms with Crippen LogP contribution in [-0.2, 0) is 0 Å². The fourth-order valence-corrected chi connectivity index (χ4v) is 1.38. The van der Waals surface area contributed by atoms with Gasteiger partial charge in [0.1, 0.15) is 5.82 Å². The van der Waals surface area contributed by atoms with Gasteiger partial charge in [-0.2, -0.15) is 0 Å². The van der Waals surface area contributed by atoms with E-state index in [0.29, 0.717) is 12.2 Å². The van der Waals surface area contributed by atoms with E-state index in [-0.39, 0.29) is 0 Å². The molecule has 0 spiro atoms. The first kappa shape index (κ1) is 8.94. The van der Waals surface area contributed by atoms with Crippen molar-refractivity contribution in [2.75, 3.05) is 0 Å². The molecule has 0 radical (unpaired) electrons. The van der Waals surface area contributed by atoms with Crippen molar-refractivity contribution >= 4 is 11.0 Å². The molecule has 72 valence electrons. The lowest BCUT2D eigenvalue weighted by atomic mass is 10.2. The molecule has 3 heteroatoms. The summed E-state index contributed by atoms with van der Waals surface area (Å²) in [6, 6.07) is 7.52. The molecule has 1 heterocycles. The molecule has 0 amide bonds. The average Bonchev–Trinajstić information content (AvgIpc) is 2.61. The zero-order valence-electron chi connectivity index (χ0n) is 7.70. The molecule has 0 aliphatic heterocycles. The number of imidazole rings is 1. The quantitative estimate of drug-likeness (QED) is 0.740. The maximum absolute atomic E-state index is 13.4. The molecule has 1 aromatic carbocycles. The Labute approximate surface area is 81.5 Å². The number of alkyl halides is 1. The predicted molar refractivity (Wildman–Crippen MR) is 54.8 cm³/mol. The normalized spacial score (nSPS) is 12.9.